The molecule has 0 radical (unpaired) electrons. The molecule has 1 aromatic heterocycles. The largest absolute Gasteiger partial charge is 0.477 e. The van der Waals surface area contributed by atoms with Gasteiger partial charge in [-0.1, -0.05) is 0 Å². The monoisotopic (exact) mass is 305 g/mol. The molecule has 0 saturated carbocycles. The second kappa shape index (κ2) is 6.00. The summed E-state index contributed by atoms with van der Waals surface area (Å²) in [5.41, 5.74) is 0. The summed E-state index contributed by atoms with van der Waals surface area (Å²) in [5, 5.41) is 10.1. The van der Waals surface area contributed by atoms with Gasteiger partial charge in [-0.15, -0.1) is 11.3 Å². The molecule has 0 aromatic carbocycles. The number of carboxylic acid groups (broad SMARTS) is 1. The van der Waals surface area contributed by atoms with E-state index in [1.54, 1.807) is 0 Å². The van der Waals surface area contributed by atoms with Crippen LogP contribution in [0, 0.1) is 0 Å². The highest BCUT2D eigenvalue weighted by atomic mass is 32.2. The van der Waals surface area contributed by atoms with Crippen LogP contribution in [0.4, 0.5) is 0 Å². The van der Waals surface area contributed by atoms with Gasteiger partial charge in [0, 0.05) is 18.5 Å². The van der Waals surface area contributed by atoms with E-state index in [-0.39, 0.29) is 15.9 Å². The third-order valence-corrected chi connectivity index (χ3v) is 5.39. The van der Waals surface area contributed by atoms with Crippen molar-refractivity contribution < 1.29 is 23.1 Å². The maximum absolute atomic E-state index is 11.9. The third kappa shape index (κ3) is 3.75. The molecule has 0 spiro atoms. The molecule has 1 saturated heterocycles. The highest BCUT2D eigenvalue weighted by molar-refractivity contribution is 7.89. The molecule has 8 heteroatoms. The lowest BCUT2D eigenvalue weighted by atomic mass is 10.2. The summed E-state index contributed by atoms with van der Waals surface area (Å²) >= 11 is 0.900. The molecule has 19 heavy (non-hydrogen) atoms. The summed E-state index contributed by atoms with van der Waals surface area (Å²) in [4.78, 5) is 10.7. The zero-order chi connectivity index (χ0) is 13.9. The van der Waals surface area contributed by atoms with Crippen LogP contribution < -0.4 is 4.72 Å². The van der Waals surface area contributed by atoms with Crippen molar-refractivity contribution in [2.45, 2.75) is 30.3 Å². The molecule has 2 rings (SSSR count). The molecule has 0 aliphatic carbocycles. The lowest BCUT2D eigenvalue weighted by molar-refractivity contribution is 0.0702. The maximum atomic E-state index is 11.9. The van der Waals surface area contributed by atoms with E-state index < -0.39 is 16.0 Å². The van der Waals surface area contributed by atoms with Crippen molar-refractivity contribution in [3.05, 3.63) is 16.3 Å². The van der Waals surface area contributed by atoms with Gasteiger partial charge in [0.25, 0.3) is 0 Å². The first-order valence-electron chi connectivity index (χ1n) is 5.92. The number of carbonyl (C=O) groups is 1. The molecule has 1 fully saturated rings. The van der Waals surface area contributed by atoms with Crippen molar-refractivity contribution in [3.8, 4) is 0 Å². The van der Waals surface area contributed by atoms with E-state index in [4.69, 9.17) is 9.84 Å². The number of rotatable bonds is 6. The summed E-state index contributed by atoms with van der Waals surface area (Å²) in [6.07, 6.45) is 2.74. The Hall–Kier alpha value is -0.960. The van der Waals surface area contributed by atoms with Gasteiger partial charge in [-0.05, 0) is 25.3 Å². The van der Waals surface area contributed by atoms with E-state index in [2.05, 4.69) is 4.72 Å². The van der Waals surface area contributed by atoms with Crippen LogP contribution in [-0.2, 0) is 14.8 Å². The number of hydrogen-bond donors (Lipinski definition) is 2. The standard InChI is InChI=1S/C11H15NO5S2/c13-11(14)10-6-9(7-18-10)19(15,16)12-4-3-8-2-1-5-17-8/h6-8,12H,1-5H2,(H,13,14). The smallest absolute Gasteiger partial charge is 0.345 e. The lowest BCUT2D eigenvalue weighted by Gasteiger charge is -2.09. The Morgan fingerprint density at radius 2 is 2.37 bits per heavy atom. The van der Waals surface area contributed by atoms with Crippen LogP contribution in [0.5, 0.6) is 0 Å². The number of carboxylic acids is 1. The Morgan fingerprint density at radius 1 is 1.58 bits per heavy atom. The molecule has 6 nitrogen and oxygen atoms in total. The van der Waals surface area contributed by atoms with E-state index in [1.165, 1.54) is 11.4 Å². The zero-order valence-corrected chi connectivity index (χ0v) is 11.8. The normalized spacial score (nSPS) is 19.7. The molecule has 1 aromatic rings. The van der Waals surface area contributed by atoms with Crippen molar-refractivity contribution >= 4 is 27.3 Å². The summed E-state index contributed by atoms with van der Waals surface area (Å²) in [6, 6.07) is 1.17. The van der Waals surface area contributed by atoms with Gasteiger partial charge in [-0.25, -0.2) is 17.9 Å². The quantitative estimate of drug-likeness (QED) is 0.826. The number of nitrogens with one attached hydrogen (secondary N) is 1. The second-order valence-electron chi connectivity index (χ2n) is 4.27. The molecule has 1 aliphatic rings. The number of aromatic carboxylic acids is 1. The van der Waals surface area contributed by atoms with Crippen molar-refractivity contribution in [1.82, 2.24) is 4.72 Å². The number of ether oxygens (including phenoxy) is 1. The Bertz CT molecular complexity index is 545. The van der Waals surface area contributed by atoms with E-state index in [1.807, 2.05) is 0 Å². The minimum absolute atomic E-state index is 0.00207. The molecule has 2 N–H and O–H groups in total. The highest BCUT2D eigenvalue weighted by Gasteiger charge is 2.20. The van der Waals surface area contributed by atoms with E-state index in [0.717, 1.165) is 30.8 Å². The molecular formula is C11H15NO5S2. The molecule has 106 valence electrons. The lowest BCUT2D eigenvalue weighted by Crippen LogP contribution is -2.27. The van der Waals surface area contributed by atoms with Crippen LogP contribution in [0.15, 0.2) is 16.3 Å². The van der Waals surface area contributed by atoms with Gasteiger partial charge >= 0.3 is 5.97 Å². The summed E-state index contributed by atoms with van der Waals surface area (Å²) in [5.74, 6) is -1.12. The van der Waals surface area contributed by atoms with E-state index in [9.17, 15) is 13.2 Å². The van der Waals surface area contributed by atoms with Crippen LogP contribution in [-0.4, -0.2) is 38.7 Å². The second-order valence-corrected chi connectivity index (χ2v) is 6.95. The van der Waals surface area contributed by atoms with Gasteiger partial charge in [0.1, 0.15) is 4.88 Å². The van der Waals surface area contributed by atoms with Gasteiger partial charge in [-0.3, -0.25) is 0 Å². The number of thiophene rings is 1. The minimum Gasteiger partial charge on any atom is -0.477 e. The molecule has 1 aliphatic heterocycles. The Labute approximate surface area is 115 Å². The molecule has 1 atom stereocenters. The van der Waals surface area contributed by atoms with Crippen molar-refractivity contribution in [2.75, 3.05) is 13.2 Å². The molecule has 1 unspecified atom stereocenters. The molecule has 2 heterocycles. The predicted octanol–water partition coefficient (Wildman–Crippen LogP) is 1.29. The minimum atomic E-state index is -3.62. The molecule has 0 bridgehead atoms. The highest BCUT2D eigenvalue weighted by Crippen LogP contribution is 2.19. The van der Waals surface area contributed by atoms with Crippen LogP contribution in [0.2, 0.25) is 0 Å². The van der Waals surface area contributed by atoms with Crippen LogP contribution in [0.3, 0.4) is 0 Å². The maximum Gasteiger partial charge on any atom is 0.345 e. The SMILES string of the molecule is O=C(O)c1cc(S(=O)(=O)NCCC2CCCO2)cs1. The molecular weight excluding hydrogens is 290 g/mol. The summed E-state index contributed by atoms with van der Waals surface area (Å²) < 4.78 is 31.7. The van der Waals surface area contributed by atoms with E-state index in [0.29, 0.717) is 13.0 Å². The Morgan fingerprint density at radius 3 is 2.95 bits per heavy atom. The van der Waals surface area contributed by atoms with Crippen LogP contribution >= 0.6 is 11.3 Å². The topological polar surface area (TPSA) is 92.7 Å². The number of sulfonamides is 1. The predicted molar refractivity (Wildman–Crippen MR) is 70.1 cm³/mol. The molecule has 0 amide bonds. The average molecular weight is 305 g/mol. The first-order valence-corrected chi connectivity index (χ1v) is 8.28. The van der Waals surface area contributed by atoms with Crippen molar-refractivity contribution in [1.29, 1.82) is 0 Å². The van der Waals surface area contributed by atoms with Crippen LogP contribution in [0.1, 0.15) is 28.9 Å². The van der Waals surface area contributed by atoms with Crippen molar-refractivity contribution in [3.63, 3.8) is 0 Å². The van der Waals surface area contributed by atoms with E-state index >= 15 is 0 Å². The third-order valence-electron chi connectivity index (χ3n) is 2.88. The summed E-state index contributed by atoms with van der Waals surface area (Å²) in [6.45, 7) is 1.04. The van der Waals surface area contributed by atoms with Gasteiger partial charge in [0.15, 0.2) is 0 Å². The Kier molecular flexibility index (Phi) is 4.56. The number of hydrogen-bond acceptors (Lipinski definition) is 5. The fourth-order valence-electron chi connectivity index (χ4n) is 1.88. The fraction of sp³-hybridized carbons (Fsp3) is 0.545. The van der Waals surface area contributed by atoms with Gasteiger partial charge in [0.05, 0.1) is 11.0 Å². The Balaban J connectivity index is 1.91. The average Bonchev–Trinajstić information content (AvgIpc) is 2.99. The van der Waals surface area contributed by atoms with Gasteiger partial charge in [0.2, 0.25) is 10.0 Å². The van der Waals surface area contributed by atoms with Gasteiger partial charge < -0.3 is 9.84 Å². The first-order chi connectivity index (χ1) is 8.99. The fourth-order valence-corrected chi connectivity index (χ4v) is 4.04. The van der Waals surface area contributed by atoms with Crippen LogP contribution in [0.25, 0.3) is 0 Å². The zero-order valence-electron chi connectivity index (χ0n) is 10.2. The van der Waals surface area contributed by atoms with Crippen molar-refractivity contribution in [2.24, 2.45) is 0 Å². The summed E-state index contributed by atoms with van der Waals surface area (Å²) in [7, 11) is -3.62. The first kappa shape index (κ1) is 14.4. The van der Waals surface area contributed by atoms with Gasteiger partial charge in [-0.2, -0.15) is 0 Å².